The molecule has 0 saturated heterocycles. The summed E-state index contributed by atoms with van der Waals surface area (Å²) in [5.41, 5.74) is -0.365. The fraction of sp³-hybridized carbons (Fsp3) is 0.812. The standard InChI is InChI=1S/C16H30O5/c1-6-9-19-13(4)10-16(5,8-3)21-12-14(17)11-20-15(18)7-2/h7,13-14,17H,2,6,8-12H2,1,3-5H3. The van der Waals surface area contributed by atoms with Crippen molar-refractivity contribution in [3.63, 3.8) is 0 Å². The molecule has 0 aromatic carbocycles. The van der Waals surface area contributed by atoms with Gasteiger partial charge in [0, 0.05) is 19.1 Å². The van der Waals surface area contributed by atoms with Crippen molar-refractivity contribution < 1.29 is 24.1 Å². The van der Waals surface area contributed by atoms with Crippen LogP contribution in [0.25, 0.3) is 0 Å². The Hall–Kier alpha value is -0.910. The number of ether oxygens (including phenoxy) is 3. The third kappa shape index (κ3) is 9.61. The smallest absolute Gasteiger partial charge is 0.330 e. The van der Waals surface area contributed by atoms with Crippen molar-refractivity contribution in [1.82, 2.24) is 0 Å². The predicted octanol–water partition coefficient (Wildman–Crippen LogP) is 2.47. The van der Waals surface area contributed by atoms with E-state index in [0.29, 0.717) is 0 Å². The van der Waals surface area contributed by atoms with Crippen LogP contribution in [0, 0.1) is 0 Å². The average molecular weight is 302 g/mol. The number of rotatable bonds is 12. The van der Waals surface area contributed by atoms with Gasteiger partial charge in [0.1, 0.15) is 12.7 Å². The minimum atomic E-state index is -0.841. The van der Waals surface area contributed by atoms with Gasteiger partial charge in [-0.25, -0.2) is 4.79 Å². The van der Waals surface area contributed by atoms with Crippen molar-refractivity contribution >= 4 is 5.97 Å². The summed E-state index contributed by atoms with van der Waals surface area (Å²) < 4.78 is 16.3. The van der Waals surface area contributed by atoms with Crippen LogP contribution in [0.15, 0.2) is 12.7 Å². The monoisotopic (exact) mass is 302 g/mol. The molecule has 0 bridgehead atoms. The Morgan fingerprint density at radius 2 is 2.05 bits per heavy atom. The van der Waals surface area contributed by atoms with Gasteiger partial charge in [0.05, 0.1) is 18.3 Å². The molecule has 0 radical (unpaired) electrons. The summed E-state index contributed by atoms with van der Waals surface area (Å²) in [5, 5.41) is 9.76. The van der Waals surface area contributed by atoms with Crippen LogP contribution in [0.3, 0.4) is 0 Å². The molecule has 0 aliphatic heterocycles. The van der Waals surface area contributed by atoms with Crippen LogP contribution in [0.5, 0.6) is 0 Å². The number of aliphatic hydroxyl groups is 1. The van der Waals surface area contributed by atoms with Gasteiger partial charge in [-0.3, -0.25) is 0 Å². The molecule has 0 aromatic heterocycles. The maximum atomic E-state index is 10.9. The van der Waals surface area contributed by atoms with E-state index < -0.39 is 12.1 Å². The molecule has 0 fully saturated rings. The Labute approximate surface area is 128 Å². The van der Waals surface area contributed by atoms with E-state index in [1.54, 1.807) is 0 Å². The van der Waals surface area contributed by atoms with E-state index in [-0.39, 0.29) is 24.9 Å². The van der Waals surface area contributed by atoms with Crippen LogP contribution in [-0.4, -0.2) is 48.7 Å². The molecule has 1 N–H and O–H groups in total. The zero-order valence-electron chi connectivity index (χ0n) is 13.8. The number of carbonyl (C=O) groups excluding carboxylic acids is 1. The highest BCUT2D eigenvalue weighted by Crippen LogP contribution is 2.23. The van der Waals surface area contributed by atoms with E-state index >= 15 is 0 Å². The minimum absolute atomic E-state index is 0.0907. The number of esters is 1. The molecule has 0 amide bonds. The van der Waals surface area contributed by atoms with Crippen LogP contribution in [0.2, 0.25) is 0 Å². The maximum Gasteiger partial charge on any atom is 0.330 e. The van der Waals surface area contributed by atoms with Crippen molar-refractivity contribution in [3.05, 3.63) is 12.7 Å². The van der Waals surface area contributed by atoms with E-state index in [1.807, 2.05) is 20.8 Å². The molecule has 0 aliphatic rings. The highest BCUT2D eigenvalue weighted by atomic mass is 16.6. The van der Waals surface area contributed by atoms with Crippen LogP contribution < -0.4 is 0 Å². The maximum absolute atomic E-state index is 10.9. The molecule has 0 aromatic rings. The molecule has 5 nitrogen and oxygen atoms in total. The summed E-state index contributed by atoms with van der Waals surface area (Å²) in [6, 6.07) is 0. The highest BCUT2D eigenvalue weighted by Gasteiger charge is 2.27. The third-order valence-electron chi connectivity index (χ3n) is 3.28. The first-order valence-corrected chi connectivity index (χ1v) is 7.59. The molecule has 124 valence electrons. The normalized spacial score (nSPS) is 16.8. The van der Waals surface area contributed by atoms with Crippen molar-refractivity contribution in [3.8, 4) is 0 Å². The van der Waals surface area contributed by atoms with Crippen LogP contribution >= 0.6 is 0 Å². The lowest BCUT2D eigenvalue weighted by molar-refractivity contribution is -0.145. The first-order chi connectivity index (χ1) is 9.86. The van der Waals surface area contributed by atoms with Gasteiger partial charge in [-0.15, -0.1) is 0 Å². The fourth-order valence-electron chi connectivity index (χ4n) is 1.87. The van der Waals surface area contributed by atoms with Gasteiger partial charge < -0.3 is 19.3 Å². The second-order valence-corrected chi connectivity index (χ2v) is 5.49. The van der Waals surface area contributed by atoms with Crippen molar-refractivity contribution in [2.75, 3.05) is 19.8 Å². The van der Waals surface area contributed by atoms with Crippen molar-refractivity contribution in [2.45, 2.75) is 64.8 Å². The number of aliphatic hydroxyl groups excluding tert-OH is 1. The fourth-order valence-corrected chi connectivity index (χ4v) is 1.87. The SMILES string of the molecule is C=CC(=O)OCC(O)COC(C)(CC)CC(C)OCCC. The predicted molar refractivity (Wildman–Crippen MR) is 82.1 cm³/mol. The summed E-state index contributed by atoms with van der Waals surface area (Å²) in [6.45, 7) is 12.2. The lowest BCUT2D eigenvalue weighted by Crippen LogP contribution is -2.36. The molecular formula is C16H30O5. The topological polar surface area (TPSA) is 65.0 Å². The van der Waals surface area contributed by atoms with E-state index in [0.717, 1.165) is 31.9 Å². The zero-order valence-corrected chi connectivity index (χ0v) is 13.8. The van der Waals surface area contributed by atoms with E-state index in [1.165, 1.54) is 0 Å². The Morgan fingerprint density at radius 3 is 2.57 bits per heavy atom. The van der Waals surface area contributed by atoms with Gasteiger partial charge in [0.2, 0.25) is 0 Å². The molecule has 21 heavy (non-hydrogen) atoms. The van der Waals surface area contributed by atoms with Gasteiger partial charge in [-0.2, -0.15) is 0 Å². The average Bonchev–Trinajstić information content (AvgIpc) is 2.48. The lowest BCUT2D eigenvalue weighted by atomic mass is 9.95. The van der Waals surface area contributed by atoms with Gasteiger partial charge in [0.15, 0.2) is 0 Å². The highest BCUT2D eigenvalue weighted by molar-refractivity contribution is 5.81. The molecule has 3 unspecified atom stereocenters. The largest absolute Gasteiger partial charge is 0.460 e. The van der Waals surface area contributed by atoms with Crippen molar-refractivity contribution in [2.24, 2.45) is 0 Å². The Bertz CT molecular complexity index is 305. The van der Waals surface area contributed by atoms with Gasteiger partial charge in [-0.05, 0) is 26.7 Å². The van der Waals surface area contributed by atoms with Crippen molar-refractivity contribution in [1.29, 1.82) is 0 Å². The quantitative estimate of drug-likeness (QED) is 0.443. The molecule has 3 atom stereocenters. The minimum Gasteiger partial charge on any atom is -0.460 e. The van der Waals surface area contributed by atoms with E-state index in [2.05, 4.69) is 13.5 Å². The summed E-state index contributed by atoms with van der Waals surface area (Å²) in [7, 11) is 0. The second kappa shape index (κ2) is 10.8. The first kappa shape index (κ1) is 20.1. The summed E-state index contributed by atoms with van der Waals surface area (Å²) in [4.78, 5) is 10.9. The van der Waals surface area contributed by atoms with Gasteiger partial charge in [-0.1, -0.05) is 20.4 Å². The molecular weight excluding hydrogens is 272 g/mol. The number of hydrogen-bond acceptors (Lipinski definition) is 5. The molecule has 0 rings (SSSR count). The van der Waals surface area contributed by atoms with Crippen LogP contribution in [-0.2, 0) is 19.0 Å². The summed E-state index contributed by atoms with van der Waals surface area (Å²) in [6.07, 6.45) is 2.88. The van der Waals surface area contributed by atoms with Gasteiger partial charge in [0.25, 0.3) is 0 Å². The Morgan fingerprint density at radius 1 is 1.38 bits per heavy atom. The van der Waals surface area contributed by atoms with Crippen LogP contribution in [0.1, 0.15) is 47.0 Å². The Balaban J connectivity index is 4.15. The molecule has 5 heteroatoms. The first-order valence-electron chi connectivity index (χ1n) is 7.59. The number of hydrogen-bond donors (Lipinski definition) is 1. The second-order valence-electron chi connectivity index (χ2n) is 5.49. The Kier molecular flexibility index (Phi) is 10.3. The number of carbonyl (C=O) groups is 1. The van der Waals surface area contributed by atoms with E-state index in [4.69, 9.17) is 14.2 Å². The van der Waals surface area contributed by atoms with E-state index in [9.17, 15) is 9.90 Å². The molecule has 0 aliphatic carbocycles. The zero-order chi connectivity index (χ0) is 16.3. The summed E-state index contributed by atoms with van der Waals surface area (Å²) >= 11 is 0. The molecule has 0 heterocycles. The van der Waals surface area contributed by atoms with Gasteiger partial charge >= 0.3 is 5.97 Å². The van der Waals surface area contributed by atoms with Crippen LogP contribution in [0.4, 0.5) is 0 Å². The molecule has 0 spiro atoms. The lowest BCUT2D eigenvalue weighted by Gasteiger charge is -2.32. The summed E-state index contributed by atoms with van der Waals surface area (Å²) in [5.74, 6) is -0.547. The third-order valence-corrected chi connectivity index (χ3v) is 3.28. The molecule has 0 saturated carbocycles.